The average Bonchev–Trinajstić information content (AvgIpc) is 2.34. The summed E-state index contributed by atoms with van der Waals surface area (Å²) < 4.78 is 2.11. The fourth-order valence-electron chi connectivity index (χ4n) is 1.65. The SMILES string of the molecule is CCC(=NN(Cc1ccccc1)[SiH](C)C)C(C)=O. The molecule has 0 atom stereocenters. The van der Waals surface area contributed by atoms with Crippen LogP contribution in [0.15, 0.2) is 35.4 Å². The van der Waals surface area contributed by atoms with Gasteiger partial charge in [0.05, 0.1) is 6.54 Å². The first-order valence-electron chi connectivity index (χ1n) is 6.43. The van der Waals surface area contributed by atoms with Gasteiger partial charge in [-0.05, 0) is 12.0 Å². The third kappa shape index (κ3) is 4.45. The second-order valence-electron chi connectivity index (χ2n) is 4.63. The Morgan fingerprint density at radius 2 is 1.89 bits per heavy atom. The highest BCUT2D eigenvalue weighted by molar-refractivity contribution is 6.52. The molecule has 1 aromatic carbocycles. The van der Waals surface area contributed by atoms with E-state index in [4.69, 9.17) is 0 Å². The van der Waals surface area contributed by atoms with Gasteiger partial charge in [0, 0.05) is 6.92 Å². The van der Waals surface area contributed by atoms with Crippen LogP contribution >= 0.6 is 0 Å². The van der Waals surface area contributed by atoms with E-state index in [1.807, 2.05) is 25.1 Å². The second kappa shape index (κ2) is 7.11. The molecule has 0 fully saturated rings. The largest absolute Gasteiger partial charge is 0.323 e. The predicted octanol–water partition coefficient (Wildman–Crippen LogP) is 2.83. The topological polar surface area (TPSA) is 32.7 Å². The van der Waals surface area contributed by atoms with Crippen LogP contribution in [-0.2, 0) is 11.3 Å². The minimum atomic E-state index is -1.07. The molecule has 0 aliphatic heterocycles. The molecule has 1 rings (SSSR count). The van der Waals surface area contributed by atoms with E-state index in [1.54, 1.807) is 6.92 Å². The van der Waals surface area contributed by atoms with Gasteiger partial charge in [-0.15, -0.1) is 0 Å². The van der Waals surface area contributed by atoms with E-state index in [1.165, 1.54) is 5.56 Å². The molecule has 0 heterocycles. The number of ketones is 1. The van der Waals surface area contributed by atoms with E-state index >= 15 is 0 Å². The first-order chi connectivity index (χ1) is 8.54. The molecule has 4 heteroatoms. The number of hydrogen-bond donors (Lipinski definition) is 0. The summed E-state index contributed by atoms with van der Waals surface area (Å²) >= 11 is 0. The maximum atomic E-state index is 11.4. The molecule has 98 valence electrons. The molecule has 0 aromatic heterocycles. The Morgan fingerprint density at radius 1 is 1.28 bits per heavy atom. The lowest BCUT2D eigenvalue weighted by Crippen LogP contribution is -2.31. The van der Waals surface area contributed by atoms with Gasteiger partial charge in [0.2, 0.25) is 0 Å². The molecule has 0 aliphatic carbocycles. The van der Waals surface area contributed by atoms with Crippen molar-refractivity contribution >= 4 is 20.5 Å². The summed E-state index contributed by atoms with van der Waals surface area (Å²) in [5, 5.41) is 4.55. The maximum absolute atomic E-state index is 11.4. The highest BCUT2D eigenvalue weighted by Gasteiger charge is 2.11. The zero-order valence-corrected chi connectivity index (χ0v) is 12.8. The maximum Gasteiger partial charge on any atom is 0.175 e. The fourth-order valence-corrected chi connectivity index (χ4v) is 2.60. The molecule has 0 bridgehead atoms. The molecular formula is C14H22N2OSi. The molecule has 18 heavy (non-hydrogen) atoms. The highest BCUT2D eigenvalue weighted by atomic mass is 28.3. The van der Waals surface area contributed by atoms with E-state index < -0.39 is 8.96 Å². The number of nitrogens with zero attached hydrogens (tertiary/aromatic N) is 2. The van der Waals surface area contributed by atoms with Crippen molar-refractivity contribution in [2.24, 2.45) is 5.10 Å². The second-order valence-corrected chi connectivity index (χ2v) is 7.42. The van der Waals surface area contributed by atoms with Crippen molar-refractivity contribution in [2.75, 3.05) is 0 Å². The van der Waals surface area contributed by atoms with Gasteiger partial charge in [0.25, 0.3) is 0 Å². The predicted molar refractivity (Wildman–Crippen MR) is 79.3 cm³/mol. The molecule has 0 aliphatic rings. The van der Waals surface area contributed by atoms with Crippen LogP contribution in [-0.4, -0.2) is 25.1 Å². The summed E-state index contributed by atoms with van der Waals surface area (Å²) in [5.74, 6) is 0.0743. The number of Topliss-reactive ketones (excluding diaryl/α,β-unsaturated/α-hetero) is 1. The van der Waals surface area contributed by atoms with Crippen LogP contribution in [0.25, 0.3) is 0 Å². The van der Waals surface area contributed by atoms with Gasteiger partial charge in [-0.3, -0.25) is 4.79 Å². The number of carbonyl (C=O) groups is 1. The van der Waals surface area contributed by atoms with Gasteiger partial charge in [-0.1, -0.05) is 50.3 Å². The van der Waals surface area contributed by atoms with E-state index in [2.05, 4.69) is 35.0 Å². The van der Waals surface area contributed by atoms with E-state index in [9.17, 15) is 4.79 Å². The van der Waals surface area contributed by atoms with Gasteiger partial charge in [0.1, 0.15) is 5.71 Å². The van der Waals surface area contributed by atoms with Crippen molar-refractivity contribution in [3.63, 3.8) is 0 Å². The minimum Gasteiger partial charge on any atom is -0.323 e. The quantitative estimate of drug-likeness (QED) is 0.448. The normalized spacial score (nSPS) is 11.7. The van der Waals surface area contributed by atoms with Crippen LogP contribution < -0.4 is 0 Å². The molecule has 0 saturated carbocycles. The van der Waals surface area contributed by atoms with Gasteiger partial charge < -0.3 is 4.67 Å². The van der Waals surface area contributed by atoms with Gasteiger partial charge in [-0.25, -0.2) is 0 Å². The van der Waals surface area contributed by atoms with Crippen LogP contribution in [0, 0.1) is 0 Å². The lowest BCUT2D eigenvalue weighted by atomic mass is 10.2. The van der Waals surface area contributed by atoms with Gasteiger partial charge in [-0.2, -0.15) is 5.10 Å². The van der Waals surface area contributed by atoms with Crippen molar-refractivity contribution in [3.05, 3.63) is 35.9 Å². The van der Waals surface area contributed by atoms with E-state index in [0.29, 0.717) is 12.1 Å². The number of rotatable bonds is 6. The Bertz CT molecular complexity index is 415. The minimum absolute atomic E-state index is 0.0743. The van der Waals surface area contributed by atoms with Gasteiger partial charge >= 0.3 is 0 Å². The Morgan fingerprint density at radius 3 is 2.33 bits per heavy atom. The fraction of sp³-hybridized carbons (Fsp3) is 0.429. The molecule has 0 unspecified atom stereocenters. The first kappa shape index (κ1) is 14.6. The van der Waals surface area contributed by atoms with Crippen molar-refractivity contribution in [1.29, 1.82) is 0 Å². The van der Waals surface area contributed by atoms with Crippen molar-refractivity contribution in [2.45, 2.75) is 39.9 Å². The van der Waals surface area contributed by atoms with Crippen molar-refractivity contribution < 1.29 is 4.79 Å². The lowest BCUT2D eigenvalue weighted by Gasteiger charge is -2.24. The first-order valence-corrected chi connectivity index (χ1v) is 9.26. The zero-order valence-electron chi connectivity index (χ0n) is 11.7. The van der Waals surface area contributed by atoms with Crippen LogP contribution in [0.1, 0.15) is 25.8 Å². The molecule has 0 spiro atoms. The van der Waals surface area contributed by atoms with Crippen LogP contribution in [0.2, 0.25) is 13.1 Å². The number of benzene rings is 1. The Balaban J connectivity index is 2.87. The summed E-state index contributed by atoms with van der Waals surface area (Å²) in [4.78, 5) is 11.4. The third-order valence-corrected chi connectivity index (χ3v) is 4.26. The summed E-state index contributed by atoms with van der Waals surface area (Å²) in [7, 11) is -1.07. The van der Waals surface area contributed by atoms with Crippen LogP contribution in [0.4, 0.5) is 0 Å². The molecular weight excluding hydrogens is 240 g/mol. The Labute approximate surface area is 111 Å². The van der Waals surface area contributed by atoms with E-state index in [0.717, 1.165) is 6.54 Å². The molecule has 1 aromatic rings. The molecule has 0 radical (unpaired) electrons. The standard InChI is InChI=1S/C14H22N2OSi/c1-5-14(12(2)17)15-16(18(3)4)11-13-9-7-6-8-10-13/h6-10,18H,5,11H2,1-4H3. The summed E-state index contributed by atoms with van der Waals surface area (Å²) in [6.45, 7) is 8.80. The summed E-state index contributed by atoms with van der Waals surface area (Å²) in [5.41, 5.74) is 1.91. The van der Waals surface area contributed by atoms with E-state index in [-0.39, 0.29) is 5.78 Å². The van der Waals surface area contributed by atoms with Gasteiger partial charge in [0.15, 0.2) is 14.7 Å². The zero-order chi connectivity index (χ0) is 13.5. The van der Waals surface area contributed by atoms with Crippen LogP contribution in [0.5, 0.6) is 0 Å². The Kier molecular flexibility index (Phi) is 5.78. The Hall–Kier alpha value is -1.42. The third-order valence-electron chi connectivity index (χ3n) is 2.77. The smallest absolute Gasteiger partial charge is 0.175 e. The molecule has 0 amide bonds. The summed E-state index contributed by atoms with van der Waals surface area (Å²) in [6, 6.07) is 10.3. The molecule has 3 nitrogen and oxygen atoms in total. The molecule has 0 saturated heterocycles. The number of carbonyl (C=O) groups excluding carboxylic acids is 1. The monoisotopic (exact) mass is 262 g/mol. The molecule has 0 N–H and O–H groups in total. The van der Waals surface area contributed by atoms with Crippen LogP contribution in [0.3, 0.4) is 0 Å². The summed E-state index contributed by atoms with van der Waals surface area (Å²) in [6.07, 6.45) is 0.696. The van der Waals surface area contributed by atoms with Crippen molar-refractivity contribution in [3.8, 4) is 0 Å². The number of hydrazone groups is 1. The van der Waals surface area contributed by atoms with Crippen molar-refractivity contribution in [1.82, 2.24) is 4.67 Å². The lowest BCUT2D eigenvalue weighted by molar-refractivity contribution is -0.111. The average molecular weight is 262 g/mol. The highest BCUT2D eigenvalue weighted by Crippen LogP contribution is 2.08. The number of hydrogen-bond acceptors (Lipinski definition) is 3.